The minimum Gasteiger partial charge on any atom is -0.476 e. The molecule has 0 aliphatic carbocycles. The zero-order valence-electron chi connectivity index (χ0n) is 18.2. The predicted molar refractivity (Wildman–Crippen MR) is 120 cm³/mol. The van der Waals surface area contributed by atoms with Crippen LogP contribution in [0.25, 0.3) is 0 Å². The van der Waals surface area contributed by atoms with Crippen molar-refractivity contribution in [3.05, 3.63) is 53.6 Å². The maximum absolute atomic E-state index is 13.0. The molecule has 0 spiro atoms. The molecular weight excluding hydrogens is 418 g/mol. The van der Waals surface area contributed by atoms with E-state index < -0.39 is 27.6 Å². The molecule has 2 aromatic rings. The molecule has 1 atom stereocenters. The molecule has 3 rings (SSSR count). The second-order valence-electron chi connectivity index (χ2n) is 8.61. The molecule has 1 unspecified atom stereocenters. The smallest absolute Gasteiger partial charge is 0.267 e. The van der Waals surface area contributed by atoms with Crippen LogP contribution in [0.1, 0.15) is 36.7 Å². The molecule has 8 nitrogen and oxygen atoms in total. The van der Waals surface area contributed by atoms with Crippen LogP contribution in [-0.4, -0.2) is 44.7 Å². The molecule has 0 fully saturated rings. The monoisotopic (exact) mass is 445 g/mol. The molecule has 1 aliphatic rings. The largest absolute Gasteiger partial charge is 0.476 e. The highest BCUT2D eigenvalue weighted by Crippen LogP contribution is 2.36. The van der Waals surface area contributed by atoms with E-state index in [9.17, 15) is 18.0 Å². The van der Waals surface area contributed by atoms with Gasteiger partial charge in [0, 0.05) is 5.54 Å². The number of ether oxygens (including phenoxy) is 1. The van der Waals surface area contributed by atoms with Gasteiger partial charge in [0.1, 0.15) is 5.75 Å². The number of nitrogens with one attached hydrogen (secondary N) is 2. The average molecular weight is 446 g/mol. The Bertz CT molecular complexity index is 1120. The molecule has 166 valence electrons. The Kier molecular flexibility index (Phi) is 6.00. The van der Waals surface area contributed by atoms with Crippen molar-refractivity contribution in [3.8, 4) is 5.75 Å². The van der Waals surface area contributed by atoms with E-state index >= 15 is 0 Å². The van der Waals surface area contributed by atoms with Gasteiger partial charge in [0.15, 0.2) is 6.10 Å². The number of nitrogens with zero attached hydrogens (tertiary/aromatic N) is 1. The summed E-state index contributed by atoms with van der Waals surface area (Å²) in [4.78, 5) is 25.6. The molecule has 31 heavy (non-hydrogen) atoms. The summed E-state index contributed by atoms with van der Waals surface area (Å²) in [5.41, 5.74) is 1.45. The first-order chi connectivity index (χ1) is 14.3. The Morgan fingerprint density at radius 3 is 2.45 bits per heavy atom. The molecule has 0 aromatic heterocycles. The van der Waals surface area contributed by atoms with Crippen LogP contribution >= 0.6 is 0 Å². The summed E-state index contributed by atoms with van der Waals surface area (Å²) in [5.74, 6) is -0.566. The van der Waals surface area contributed by atoms with Crippen LogP contribution in [-0.2, 0) is 14.8 Å². The number of aryl methyl sites for hydroxylation is 1. The normalized spacial score (nSPS) is 16.2. The Hall–Kier alpha value is -3.07. The van der Waals surface area contributed by atoms with Crippen LogP contribution in [0, 0.1) is 6.92 Å². The van der Waals surface area contributed by atoms with E-state index in [1.165, 1.54) is 4.31 Å². The van der Waals surface area contributed by atoms with E-state index in [-0.39, 0.29) is 12.5 Å². The zero-order chi connectivity index (χ0) is 23.0. The highest BCUT2D eigenvalue weighted by atomic mass is 32.2. The Labute approximate surface area is 182 Å². The topological polar surface area (TPSA) is 105 Å². The quantitative estimate of drug-likeness (QED) is 0.753. The summed E-state index contributed by atoms with van der Waals surface area (Å²) in [5, 5.41) is 5.58. The van der Waals surface area contributed by atoms with E-state index in [2.05, 4.69) is 10.6 Å². The second kappa shape index (κ2) is 8.22. The third-order valence-corrected chi connectivity index (χ3v) is 5.74. The number of carbonyl (C=O) groups excluding carboxylic acids is 2. The minimum absolute atomic E-state index is 0.169. The van der Waals surface area contributed by atoms with Crippen molar-refractivity contribution in [3.63, 3.8) is 0 Å². The fourth-order valence-electron chi connectivity index (χ4n) is 3.22. The van der Waals surface area contributed by atoms with E-state index in [0.717, 1.165) is 11.8 Å². The van der Waals surface area contributed by atoms with Gasteiger partial charge < -0.3 is 15.4 Å². The molecule has 2 amide bonds. The lowest BCUT2D eigenvalue weighted by Gasteiger charge is -2.34. The standard InChI is InChI=1S/C22H27N3O5S/c1-14-10-11-18-17(12-14)25(31(5,28)29)13-19(30-18)21(27)23-16-9-7-6-8-15(16)20(26)24-22(2,3)4/h6-12,19H,13H2,1-5H3,(H,23,27)(H,24,26). The third kappa shape index (κ3) is 5.35. The maximum Gasteiger partial charge on any atom is 0.267 e. The molecule has 2 aromatic carbocycles. The van der Waals surface area contributed by atoms with Gasteiger partial charge in [-0.25, -0.2) is 8.42 Å². The van der Waals surface area contributed by atoms with Crippen molar-refractivity contribution in [1.29, 1.82) is 0 Å². The summed E-state index contributed by atoms with van der Waals surface area (Å²) in [6.07, 6.45) is 0.00888. The molecule has 0 bridgehead atoms. The first-order valence-electron chi connectivity index (χ1n) is 9.82. The van der Waals surface area contributed by atoms with Crippen molar-refractivity contribution in [2.75, 3.05) is 22.4 Å². The Morgan fingerprint density at radius 2 is 1.81 bits per heavy atom. The molecule has 0 saturated heterocycles. The Balaban J connectivity index is 1.87. The van der Waals surface area contributed by atoms with Crippen LogP contribution < -0.4 is 19.7 Å². The zero-order valence-corrected chi connectivity index (χ0v) is 19.0. The molecule has 0 saturated carbocycles. The molecule has 0 radical (unpaired) electrons. The Morgan fingerprint density at radius 1 is 1.13 bits per heavy atom. The van der Waals surface area contributed by atoms with Gasteiger partial charge in [-0.3, -0.25) is 13.9 Å². The van der Waals surface area contributed by atoms with Gasteiger partial charge in [0.2, 0.25) is 10.0 Å². The molecule has 1 aliphatic heterocycles. The number of hydrogen-bond donors (Lipinski definition) is 2. The fraction of sp³-hybridized carbons (Fsp3) is 0.364. The lowest BCUT2D eigenvalue weighted by Crippen LogP contribution is -2.48. The minimum atomic E-state index is -3.63. The highest BCUT2D eigenvalue weighted by Gasteiger charge is 2.35. The number of fused-ring (bicyclic) bond motifs is 1. The van der Waals surface area contributed by atoms with Crippen LogP contribution in [0.5, 0.6) is 5.75 Å². The lowest BCUT2D eigenvalue weighted by atomic mass is 10.1. The van der Waals surface area contributed by atoms with Crippen molar-refractivity contribution >= 4 is 33.2 Å². The van der Waals surface area contributed by atoms with Crippen LogP contribution in [0.3, 0.4) is 0 Å². The van der Waals surface area contributed by atoms with Gasteiger partial charge >= 0.3 is 0 Å². The van der Waals surface area contributed by atoms with E-state index in [1.807, 2.05) is 27.7 Å². The van der Waals surface area contributed by atoms with Gasteiger partial charge in [-0.2, -0.15) is 0 Å². The third-order valence-electron chi connectivity index (χ3n) is 4.59. The van der Waals surface area contributed by atoms with Gasteiger partial charge in [-0.1, -0.05) is 18.2 Å². The first-order valence-corrected chi connectivity index (χ1v) is 11.7. The van der Waals surface area contributed by atoms with E-state index in [1.54, 1.807) is 42.5 Å². The SMILES string of the molecule is Cc1ccc2c(c1)N(S(C)(=O)=O)CC(C(=O)Nc1ccccc1C(=O)NC(C)(C)C)O2. The lowest BCUT2D eigenvalue weighted by molar-refractivity contribution is -0.122. The average Bonchev–Trinajstić information content (AvgIpc) is 2.65. The summed E-state index contributed by atoms with van der Waals surface area (Å²) in [6, 6.07) is 11.8. The number of para-hydroxylation sites is 1. The van der Waals surface area contributed by atoms with Crippen molar-refractivity contribution in [2.24, 2.45) is 0 Å². The van der Waals surface area contributed by atoms with Gasteiger partial charge in [-0.05, 0) is 57.5 Å². The molecule has 1 heterocycles. The van der Waals surface area contributed by atoms with Crippen molar-refractivity contribution in [2.45, 2.75) is 39.3 Å². The van der Waals surface area contributed by atoms with Gasteiger partial charge in [0.05, 0.1) is 29.7 Å². The summed E-state index contributed by atoms with van der Waals surface area (Å²) in [7, 11) is -3.63. The number of rotatable bonds is 4. The van der Waals surface area contributed by atoms with Gasteiger partial charge in [0.25, 0.3) is 11.8 Å². The van der Waals surface area contributed by atoms with Crippen LogP contribution in [0.15, 0.2) is 42.5 Å². The maximum atomic E-state index is 13.0. The number of sulfonamides is 1. The molecule has 2 N–H and O–H groups in total. The van der Waals surface area contributed by atoms with E-state index in [4.69, 9.17) is 4.74 Å². The number of anilines is 2. The van der Waals surface area contributed by atoms with Crippen molar-refractivity contribution < 1.29 is 22.7 Å². The first kappa shape index (κ1) is 22.6. The van der Waals surface area contributed by atoms with Crippen molar-refractivity contribution in [1.82, 2.24) is 5.32 Å². The summed E-state index contributed by atoms with van der Waals surface area (Å²) < 4.78 is 31.7. The number of amides is 2. The highest BCUT2D eigenvalue weighted by molar-refractivity contribution is 7.92. The fourth-order valence-corrected chi connectivity index (χ4v) is 4.13. The predicted octanol–water partition coefficient (Wildman–Crippen LogP) is 2.69. The summed E-state index contributed by atoms with van der Waals surface area (Å²) >= 11 is 0. The number of carbonyl (C=O) groups is 2. The number of benzene rings is 2. The second-order valence-corrected chi connectivity index (χ2v) is 10.5. The molecular formula is C22H27N3O5S. The van der Waals surface area contributed by atoms with E-state index in [0.29, 0.717) is 22.7 Å². The van der Waals surface area contributed by atoms with Gasteiger partial charge in [-0.15, -0.1) is 0 Å². The van der Waals surface area contributed by atoms with Crippen LogP contribution in [0.4, 0.5) is 11.4 Å². The summed E-state index contributed by atoms with van der Waals surface area (Å²) in [6.45, 7) is 7.26. The number of hydrogen-bond acceptors (Lipinski definition) is 5. The van der Waals surface area contributed by atoms with Crippen LogP contribution in [0.2, 0.25) is 0 Å². The molecule has 9 heteroatoms.